The first-order valence-corrected chi connectivity index (χ1v) is 13.6. The Hall–Kier alpha value is -4.81. The summed E-state index contributed by atoms with van der Waals surface area (Å²) in [6, 6.07) is 8.19. The van der Waals surface area contributed by atoms with E-state index in [9.17, 15) is 41.9 Å². The molecule has 0 atom stereocenters. The number of nitrogens with zero attached hydrogens (tertiary/aromatic N) is 4. The van der Waals surface area contributed by atoms with Crippen molar-refractivity contribution in [1.29, 1.82) is 5.26 Å². The summed E-state index contributed by atoms with van der Waals surface area (Å²) in [7, 11) is 0. The maximum atomic E-state index is 13.9. The van der Waals surface area contributed by atoms with Gasteiger partial charge in [0.25, 0.3) is 5.56 Å². The zero-order chi connectivity index (χ0) is 31.9. The average Bonchev–Trinajstić information content (AvgIpc) is 3.38. The van der Waals surface area contributed by atoms with E-state index >= 15 is 0 Å². The Labute approximate surface area is 252 Å². The minimum absolute atomic E-state index is 0.00435. The van der Waals surface area contributed by atoms with Gasteiger partial charge in [-0.25, -0.2) is 9.78 Å². The summed E-state index contributed by atoms with van der Waals surface area (Å²) in [5.41, 5.74) is -3.11. The van der Waals surface area contributed by atoms with E-state index in [2.05, 4.69) is 14.7 Å². The number of benzene rings is 2. The topological polar surface area (TPSA) is 127 Å². The second-order valence-corrected chi connectivity index (χ2v) is 10.4. The number of ether oxygens (including phenoxy) is 2. The third kappa shape index (κ3) is 5.61. The number of hydrogen-bond acceptors (Lipinski definition) is 8. The van der Waals surface area contributed by atoms with Gasteiger partial charge >= 0.3 is 18.8 Å². The molecule has 0 spiro atoms. The molecule has 5 aromatic rings. The van der Waals surface area contributed by atoms with Gasteiger partial charge < -0.3 is 14.6 Å². The molecule has 0 saturated carbocycles. The number of carboxylic acids is 1. The van der Waals surface area contributed by atoms with Crippen LogP contribution in [0.4, 0.5) is 22.0 Å². The van der Waals surface area contributed by atoms with E-state index < -0.39 is 52.1 Å². The van der Waals surface area contributed by atoms with Crippen LogP contribution in [0.2, 0.25) is 5.02 Å². The lowest BCUT2D eigenvalue weighted by Gasteiger charge is -2.18. The highest BCUT2D eigenvalue weighted by atomic mass is 35.5. The lowest BCUT2D eigenvalue weighted by Crippen LogP contribution is -2.28. The minimum Gasteiger partial charge on any atom is -0.491 e. The van der Waals surface area contributed by atoms with Crippen LogP contribution in [-0.4, -0.2) is 38.8 Å². The van der Waals surface area contributed by atoms with E-state index in [4.69, 9.17) is 16.3 Å². The van der Waals surface area contributed by atoms with Crippen LogP contribution < -0.4 is 15.0 Å². The Morgan fingerprint density at radius 2 is 1.95 bits per heavy atom. The molecule has 3 aromatic heterocycles. The van der Waals surface area contributed by atoms with Crippen LogP contribution in [0.25, 0.3) is 32.2 Å². The average molecular weight is 651 g/mol. The lowest BCUT2D eigenvalue weighted by atomic mass is 10.0. The number of pyridine rings is 1. The standard InChI is InChI=1S/C28H16ClF5N4O5S/c1-12-37-18-9-20(43-27(30)31)22(28(32,33)34)16(10-35)21(18)25(39)38(12)6-7-42-19-3-2-13(29)8-15(19)14-4-5-36-23-17(26(40)41)11-44-24(14)23/h2-5,8-9,11,27H,6-7H2,1H3,(H,40,41). The van der Waals surface area contributed by atoms with E-state index in [1.54, 1.807) is 24.3 Å². The molecule has 0 radical (unpaired) electrons. The first kappa shape index (κ1) is 30.6. The van der Waals surface area contributed by atoms with Gasteiger partial charge in [-0.05, 0) is 31.2 Å². The quantitative estimate of drug-likeness (QED) is 0.180. The molecule has 0 saturated heterocycles. The van der Waals surface area contributed by atoms with Gasteiger partial charge in [0.15, 0.2) is 0 Å². The summed E-state index contributed by atoms with van der Waals surface area (Å²) in [4.78, 5) is 33.3. The number of aromatic carboxylic acids is 1. The monoisotopic (exact) mass is 650 g/mol. The number of halogens is 6. The van der Waals surface area contributed by atoms with Gasteiger partial charge in [-0.2, -0.15) is 27.2 Å². The van der Waals surface area contributed by atoms with Crippen molar-refractivity contribution >= 4 is 50.0 Å². The van der Waals surface area contributed by atoms with Crippen molar-refractivity contribution in [2.45, 2.75) is 26.3 Å². The number of thiophene rings is 1. The first-order valence-electron chi connectivity index (χ1n) is 12.3. The number of aryl methyl sites for hydroxylation is 1. The highest BCUT2D eigenvalue weighted by molar-refractivity contribution is 7.18. The molecule has 0 aliphatic rings. The molecular formula is C28H16ClF5N4O5S. The summed E-state index contributed by atoms with van der Waals surface area (Å²) < 4.78 is 78.9. The molecule has 0 aliphatic carbocycles. The molecule has 2 aromatic carbocycles. The van der Waals surface area contributed by atoms with Gasteiger partial charge in [0, 0.05) is 33.8 Å². The van der Waals surface area contributed by atoms with Crippen molar-refractivity contribution in [2.24, 2.45) is 0 Å². The molecule has 9 nitrogen and oxygen atoms in total. The van der Waals surface area contributed by atoms with Crippen LogP contribution >= 0.6 is 22.9 Å². The molecule has 5 rings (SSSR count). The minimum atomic E-state index is -5.30. The number of nitriles is 1. The number of aromatic nitrogens is 3. The van der Waals surface area contributed by atoms with Gasteiger partial charge in [-0.15, -0.1) is 11.3 Å². The zero-order valence-electron chi connectivity index (χ0n) is 22.1. The summed E-state index contributed by atoms with van der Waals surface area (Å²) >= 11 is 7.40. The van der Waals surface area contributed by atoms with Gasteiger partial charge in [-0.3, -0.25) is 14.3 Å². The fourth-order valence-electron chi connectivity index (χ4n) is 4.69. The van der Waals surface area contributed by atoms with E-state index in [1.165, 1.54) is 24.6 Å². The molecule has 16 heteroatoms. The van der Waals surface area contributed by atoms with E-state index in [1.807, 2.05) is 0 Å². The van der Waals surface area contributed by atoms with Gasteiger partial charge in [0.2, 0.25) is 0 Å². The molecule has 0 fully saturated rings. The van der Waals surface area contributed by atoms with Gasteiger partial charge in [0.1, 0.15) is 35.6 Å². The summed E-state index contributed by atoms with van der Waals surface area (Å²) in [6.07, 6.45) is -3.86. The summed E-state index contributed by atoms with van der Waals surface area (Å²) in [5, 5.41) is 20.1. The van der Waals surface area contributed by atoms with Crippen LogP contribution in [0.3, 0.4) is 0 Å². The van der Waals surface area contributed by atoms with Crippen molar-refractivity contribution in [3.8, 4) is 28.7 Å². The number of alkyl halides is 5. The van der Waals surface area contributed by atoms with Crippen LogP contribution in [-0.2, 0) is 12.7 Å². The maximum absolute atomic E-state index is 13.9. The number of hydrogen-bond donors (Lipinski definition) is 1. The molecule has 1 N–H and O–H groups in total. The Morgan fingerprint density at radius 3 is 2.61 bits per heavy atom. The normalized spacial score (nSPS) is 11.7. The van der Waals surface area contributed by atoms with Crippen LogP contribution in [0.15, 0.2) is 46.7 Å². The largest absolute Gasteiger partial charge is 0.491 e. The molecule has 0 unspecified atom stereocenters. The predicted octanol–water partition coefficient (Wildman–Crippen LogP) is 6.90. The smallest absolute Gasteiger partial charge is 0.421 e. The number of carboxylic acid groups (broad SMARTS) is 1. The zero-order valence-corrected chi connectivity index (χ0v) is 23.7. The number of fused-ring (bicyclic) bond motifs is 2. The molecule has 226 valence electrons. The first-order chi connectivity index (χ1) is 20.8. The molecule has 44 heavy (non-hydrogen) atoms. The fraction of sp³-hybridized carbons (Fsp3) is 0.179. The van der Waals surface area contributed by atoms with E-state index in [0.29, 0.717) is 26.9 Å². The highest BCUT2D eigenvalue weighted by Gasteiger charge is 2.40. The highest BCUT2D eigenvalue weighted by Crippen LogP contribution is 2.42. The lowest BCUT2D eigenvalue weighted by molar-refractivity contribution is -0.141. The molecular weight excluding hydrogens is 635 g/mol. The second kappa shape index (κ2) is 11.7. The third-order valence-corrected chi connectivity index (χ3v) is 7.74. The number of carbonyl (C=O) groups is 1. The summed E-state index contributed by atoms with van der Waals surface area (Å²) in [5.74, 6) is -2.18. The van der Waals surface area contributed by atoms with E-state index in [-0.39, 0.29) is 35.8 Å². The molecule has 0 amide bonds. The molecule has 0 aliphatic heterocycles. The van der Waals surface area contributed by atoms with Crippen molar-refractivity contribution in [3.05, 3.63) is 79.8 Å². The van der Waals surface area contributed by atoms with Crippen LogP contribution in [0.5, 0.6) is 11.5 Å². The molecule has 3 heterocycles. The maximum Gasteiger partial charge on any atom is 0.421 e. The van der Waals surface area contributed by atoms with Gasteiger partial charge in [-0.1, -0.05) is 11.6 Å². The van der Waals surface area contributed by atoms with Crippen LogP contribution in [0, 0.1) is 18.3 Å². The molecule has 0 bridgehead atoms. The summed E-state index contributed by atoms with van der Waals surface area (Å²) in [6.45, 7) is -2.69. The van der Waals surface area contributed by atoms with Gasteiger partial charge in [0.05, 0.1) is 38.8 Å². The predicted molar refractivity (Wildman–Crippen MR) is 150 cm³/mol. The third-order valence-electron chi connectivity index (χ3n) is 6.50. The Kier molecular flexibility index (Phi) is 8.15. The Balaban J connectivity index is 1.53. The van der Waals surface area contributed by atoms with Crippen molar-refractivity contribution < 1.29 is 41.3 Å². The second-order valence-electron chi connectivity index (χ2n) is 9.10. The van der Waals surface area contributed by atoms with Crippen molar-refractivity contribution in [2.75, 3.05) is 6.61 Å². The van der Waals surface area contributed by atoms with Crippen molar-refractivity contribution in [3.63, 3.8) is 0 Å². The van der Waals surface area contributed by atoms with Crippen LogP contribution in [0.1, 0.15) is 27.3 Å². The van der Waals surface area contributed by atoms with Crippen molar-refractivity contribution in [1.82, 2.24) is 14.5 Å². The fourth-order valence-corrected chi connectivity index (χ4v) is 5.89. The van der Waals surface area contributed by atoms with E-state index in [0.717, 1.165) is 15.9 Å². The Morgan fingerprint density at radius 1 is 1.20 bits per heavy atom. The Bertz CT molecular complexity index is 2060. The number of rotatable bonds is 8. The SMILES string of the molecule is Cc1nc2cc(OC(F)F)c(C(F)(F)F)c(C#N)c2c(=O)n1CCOc1ccc(Cl)cc1-c1ccnc2c(C(=O)O)csc12.